The van der Waals surface area contributed by atoms with Crippen molar-refractivity contribution in [3.05, 3.63) is 0 Å². The van der Waals surface area contributed by atoms with Crippen LogP contribution >= 0.6 is 11.8 Å². The summed E-state index contributed by atoms with van der Waals surface area (Å²) in [5.74, 6) is 1.31. The molecule has 0 saturated carbocycles. The predicted molar refractivity (Wildman–Crippen MR) is 59.2 cm³/mol. The molecule has 0 aliphatic carbocycles. The van der Waals surface area contributed by atoms with E-state index in [0.29, 0.717) is 18.7 Å². The summed E-state index contributed by atoms with van der Waals surface area (Å²) in [7, 11) is 0. The van der Waals surface area contributed by atoms with Crippen molar-refractivity contribution in [1.82, 2.24) is 5.32 Å². The molecule has 2 nitrogen and oxygen atoms in total. The molecule has 0 spiro atoms. The standard InChI is InChI=1S/C10H21NOS/c1-8(5-6-12)11-10-4-3-7-13-9(10)2/h8-12H,3-7H2,1-2H3. The van der Waals surface area contributed by atoms with Crippen LogP contribution in [0.4, 0.5) is 0 Å². The molecule has 1 aliphatic heterocycles. The minimum Gasteiger partial charge on any atom is -0.396 e. The van der Waals surface area contributed by atoms with Crippen molar-refractivity contribution in [2.24, 2.45) is 0 Å². The van der Waals surface area contributed by atoms with E-state index in [0.717, 1.165) is 11.7 Å². The molecule has 0 aromatic heterocycles. The van der Waals surface area contributed by atoms with E-state index in [4.69, 9.17) is 5.11 Å². The number of aliphatic hydroxyl groups is 1. The lowest BCUT2D eigenvalue weighted by Gasteiger charge is -2.31. The zero-order valence-corrected chi connectivity index (χ0v) is 9.44. The second kappa shape index (κ2) is 5.89. The highest BCUT2D eigenvalue weighted by Crippen LogP contribution is 2.25. The summed E-state index contributed by atoms with van der Waals surface area (Å²) in [4.78, 5) is 0. The second-order valence-electron chi connectivity index (χ2n) is 3.90. The van der Waals surface area contributed by atoms with Gasteiger partial charge in [0.15, 0.2) is 0 Å². The molecule has 2 N–H and O–H groups in total. The fraction of sp³-hybridized carbons (Fsp3) is 1.00. The maximum absolute atomic E-state index is 8.79. The Kier molecular flexibility index (Phi) is 5.14. The number of nitrogens with one attached hydrogen (secondary N) is 1. The van der Waals surface area contributed by atoms with Crippen molar-refractivity contribution >= 4 is 11.8 Å². The van der Waals surface area contributed by atoms with E-state index >= 15 is 0 Å². The summed E-state index contributed by atoms with van der Waals surface area (Å²) in [6.45, 7) is 4.75. The lowest BCUT2D eigenvalue weighted by molar-refractivity contribution is 0.260. The van der Waals surface area contributed by atoms with E-state index in [-0.39, 0.29) is 0 Å². The minimum absolute atomic E-state index is 0.294. The molecule has 1 saturated heterocycles. The van der Waals surface area contributed by atoms with Crippen LogP contribution in [0.3, 0.4) is 0 Å². The molecule has 1 fully saturated rings. The molecule has 0 amide bonds. The molecular weight excluding hydrogens is 182 g/mol. The third-order valence-corrected chi connectivity index (χ3v) is 4.05. The quantitative estimate of drug-likeness (QED) is 0.728. The third kappa shape index (κ3) is 3.88. The fourth-order valence-electron chi connectivity index (χ4n) is 1.78. The summed E-state index contributed by atoms with van der Waals surface area (Å²) in [5, 5.41) is 13.1. The minimum atomic E-state index is 0.294. The smallest absolute Gasteiger partial charge is 0.0445 e. The molecule has 78 valence electrons. The average molecular weight is 203 g/mol. The largest absolute Gasteiger partial charge is 0.396 e. The van der Waals surface area contributed by atoms with Crippen LogP contribution in [-0.2, 0) is 0 Å². The van der Waals surface area contributed by atoms with E-state index in [9.17, 15) is 0 Å². The molecule has 0 bridgehead atoms. The van der Waals surface area contributed by atoms with Gasteiger partial charge in [0, 0.05) is 23.9 Å². The van der Waals surface area contributed by atoms with Gasteiger partial charge in [-0.05, 0) is 31.9 Å². The summed E-state index contributed by atoms with van der Waals surface area (Å²) < 4.78 is 0. The van der Waals surface area contributed by atoms with Crippen LogP contribution in [-0.4, -0.2) is 34.8 Å². The Morgan fingerprint density at radius 3 is 3.00 bits per heavy atom. The molecule has 13 heavy (non-hydrogen) atoms. The van der Waals surface area contributed by atoms with Gasteiger partial charge in [-0.1, -0.05) is 6.92 Å². The highest BCUT2D eigenvalue weighted by Gasteiger charge is 2.22. The van der Waals surface area contributed by atoms with E-state index in [1.165, 1.54) is 18.6 Å². The van der Waals surface area contributed by atoms with Crippen LogP contribution in [0.1, 0.15) is 33.1 Å². The maximum Gasteiger partial charge on any atom is 0.0445 e. The van der Waals surface area contributed by atoms with Gasteiger partial charge in [-0.2, -0.15) is 11.8 Å². The molecule has 0 aromatic rings. The van der Waals surface area contributed by atoms with Gasteiger partial charge < -0.3 is 10.4 Å². The SMILES string of the molecule is CC(CCO)NC1CCCSC1C. The van der Waals surface area contributed by atoms with Gasteiger partial charge in [-0.25, -0.2) is 0 Å². The Labute approximate surface area is 85.5 Å². The highest BCUT2D eigenvalue weighted by atomic mass is 32.2. The van der Waals surface area contributed by atoms with Gasteiger partial charge in [-0.3, -0.25) is 0 Å². The number of aliphatic hydroxyl groups excluding tert-OH is 1. The van der Waals surface area contributed by atoms with Gasteiger partial charge in [0.1, 0.15) is 0 Å². The first-order chi connectivity index (χ1) is 6.24. The van der Waals surface area contributed by atoms with Crippen LogP contribution in [0.5, 0.6) is 0 Å². The second-order valence-corrected chi connectivity index (χ2v) is 5.39. The van der Waals surface area contributed by atoms with Gasteiger partial charge >= 0.3 is 0 Å². The summed E-state index contributed by atoms with van der Waals surface area (Å²) in [6, 6.07) is 1.11. The molecule has 1 heterocycles. The van der Waals surface area contributed by atoms with E-state index < -0.39 is 0 Å². The Morgan fingerprint density at radius 2 is 2.38 bits per heavy atom. The van der Waals surface area contributed by atoms with Crippen molar-refractivity contribution in [3.63, 3.8) is 0 Å². The van der Waals surface area contributed by atoms with Crippen molar-refractivity contribution in [1.29, 1.82) is 0 Å². The first kappa shape index (κ1) is 11.3. The van der Waals surface area contributed by atoms with Crippen LogP contribution < -0.4 is 5.32 Å². The van der Waals surface area contributed by atoms with Crippen LogP contribution in [0, 0.1) is 0 Å². The number of hydrogen-bond acceptors (Lipinski definition) is 3. The Balaban J connectivity index is 2.25. The Hall–Kier alpha value is 0.270. The van der Waals surface area contributed by atoms with Crippen LogP contribution in [0.15, 0.2) is 0 Å². The van der Waals surface area contributed by atoms with E-state index in [2.05, 4.69) is 30.9 Å². The molecule has 0 radical (unpaired) electrons. The lowest BCUT2D eigenvalue weighted by Crippen LogP contribution is -2.44. The Bertz CT molecular complexity index is 143. The summed E-state index contributed by atoms with van der Waals surface area (Å²) in [6.07, 6.45) is 3.50. The zero-order valence-electron chi connectivity index (χ0n) is 8.62. The van der Waals surface area contributed by atoms with E-state index in [1.54, 1.807) is 0 Å². The first-order valence-electron chi connectivity index (χ1n) is 5.22. The van der Waals surface area contributed by atoms with Crippen molar-refractivity contribution in [3.8, 4) is 0 Å². The molecule has 0 aromatic carbocycles. The first-order valence-corrected chi connectivity index (χ1v) is 6.27. The van der Waals surface area contributed by atoms with Crippen molar-refractivity contribution in [2.45, 2.75) is 50.4 Å². The topological polar surface area (TPSA) is 32.3 Å². The molecule has 1 rings (SSSR count). The molecule has 3 heteroatoms. The van der Waals surface area contributed by atoms with Gasteiger partial charge in [0.05, 0.1) is 0 Å². The fourth-order valence-corrected chi connectivity index (χ4v) is 2.94. The average Bonchev–Trinajstić information content (AvgIpc) is 2.09. The van der Waals surface area contributed by atoms with Crippen LogP contribution in [0.25, 0.3) is 0 Å². The predicted octanol–water partition coefficient (Wildman–Crippen LogP) is 1.63. The summed E-state index contributed by atoms with van der Waals surface area (Å²) in [5.41, 5.74) is 0. The lowest BCUT2D eigenvalue weighted by atomic mass is 10.1. The number of hydrogen-bond donors (Lipinski definition) is 2. The number of thioether (sulfide) groups is 1. The zero-order chi connectivity index (χ0) is 9.68. The van der Waals surface area contributed by atoms with Gasteiger partial charge in [0.2, 0.25) is 0 Å². The van der Waals surface area contributed by atoms with Crippen LogP contribution in [0.2, 0.25) is 0 Å². The molecule has 1 aliphatic rings. The van der Waals surface area contributed by atoms with Crippen molar-refractivity contribution < 1.29 is 5.11 Å². The Morgan fingerprint density at radius 1 is 1.62 bits per heavy atom. The van der Waals surface area contributed by atoms with Crippen molar-refractivity contribution in [2.75, 3.05) is 12.4 Å². The van der Waals surface area contributed by atoms with Gasteiger partial charge in [-0.15, -0.1) is 0 Å². The monoisotopic (exact) mass is 203 g/mol. The summed E-state index contributed by atoms with van der Waals surface area (Å²) >= 11 is 2.06. The third-order valence-electron chi connectivity index (χ3n) is 2.67. The molecular formula is C10H21NOS. The van der Waals surface area contributed by atoms with E-state index in [1.807, 2.05) is 0 Å². The number of rotatable bonds is 4. The normalized spacial score (nSPS) is 31.6. The molecule has 3 atom stereocenters. The molecule has 3 unspecified atom stereocenters. The van der Waals surface area contributed by atoms with Gasteiger partial charge in [0.25, 0.3) is 0 Å². The maximum atomic E-state index is 8.79. The highest BCUT2D eigenvalue weighted by molar-refractivity contribution is 7.99.